The maximum atomic E-state index is 12.1. The van der Waals surface area contributed by atoms with Crippen LogP contribution in [0, 0.1) is 17.4 Å². The highest BCUT2D eigenvalue weighted by Gasteiger charge is 2.10. The van der Waals surface area contributed by atoms with Crippen molar-refractivity contribution in [2.24, 2.45) is 5.10 Å². The molecule has 3 rings (SSSR count). The Morgan fingerprint density at radius 3 is 2.58 bits per heavy atom. The number of rotatable bonds is 4. The van der Waals surface area contributed by atoms with E-state index < -0.39 is 0 Å². The zero-order valence-corrected chi connectivity index (χ0v) is 17.2. The molecule has 26 heavy (non-hydrogen) atoms. The van der Waals surface area contributed by atoms with E-state index in [1.54, 1.807) is 30.5 Å². The molecule has 0 unspecified atom stereocenters. The van der Waals surface area contributed by atoms with Gasteiger partial charge < -0.3 is 4.57 Å². The third-order valence-corrected chi connectivity index (χ3v) is 4.94. The minimum absolute atomic E-state index is 0.274. The van der Waals surface area contributed by atoms with Gasteiger partial charge in [-0.1, -0.05) is 17.7 Å². The molecule has 0 aliphatic carbocycles. The number of nitrogens with zero attached hydrogens (tertiary/aromatic N) is 2. The fraction of sp³-hybridized carbons (Fsp3) is 0.100. The van der Waals surface area contributed by atoms with Crippen molar-refractivity contribution in [3.05, 3.63) is 85.7 Å². The van der Waals surface area contributed by atoms with Gasteiger partial charge in [-0.2, -0.15) is 5.10 Å². The van der Waals surface area contributed by atoms with Crippen molar-refractivity contribution in [3.8, 4) is 5.69 Å². The maximum Gasteiger partial charge on any atom is 0.271 e. The summed E-state index contributed by atoms with van der Waals surface area (Å²) < 4.78 is 3.35. The quantitative estimate of drug-likeness (QED) is 0.317. The molecular weight excluding hydrogens is 461 g/mol. The van der Waals surface area contributed by atoms with Crippen LogP contribution in [-0.2, 0) is 0 Å². The third-order valence-electron chi connectivity index (χ3n) is 4.01. The van der Waals surface area contributed by atoms with E-state index in [0.29, 0.717) is 10.6 Å². The second kappa shape index (κ2) is 8.05. The Morgan fingerprint density at radius 2 is 1.88 bits per heavy atom. The SMILES string of the molecule is Cc1cc(/C=N\NC(=O)c2ccc(Cl)cc2)c(C)n1-c1cccc(I)c1. The summed E-state index contributed by atoms with van der Waals surface area (Å²) in [6, 6.07) is 17.0. The molecule has 0 atom stereocenters. The molecule has 2 aromatic carbocycles. The average Bonchev–Trinajstić information content (AvgIpc) is 2.89. The number of carbonyl (C=O) groups is 1. The first-order chi connectivity index (χ1) is 12.5. The molecule has 1 aromatic heterocycles. The van der Waals surface area contributed by atoms with Gasteiger partial charge in [0.1, 0.15) is 0 Å². The summed E-state index contributed by atoms with van der Waals surface area (Å²) in [5, 5.41) is 4.69. The van der Waals surface area contributed by atoms with E-state index in [2.05, 4.69) is 62.8 Å². The zero-order chi connectivity index (χ0) is 18.7. The summed E-state index contributed by atoms with van der Waals surface area (Å²) in [5.74, 6) is -0.274. The monoisotopic (exact) mass is 477 g/mol. The average molecular weight is 478 g/mol. The molecule has 1 amide bonds. The van der Waals surface area contributed by atoms with Crippen LogP contribution in [0.3, 0.4) is 0 Å². The van der Waals surface area contributed by atoms with Crippen LogP contribution < -0.4 is 5.43 Å². The van der Waals surface area contributed by atoms with E-state index in [4.69, 9.17) is 11.6 Å². The van der Waals surface area contributed by atoms with E-state index in [-0.39, 0.29) is 5.91 Å². The molecule has 132 valence electrons. The van der Waals surface area contributed by atoms with Crippen LogP contribution in [0.5, 0.6) is 0 Å². The summed E-state index contributed by atoms with van der Waals surface area (Å²) in [6.07, 6.45) is 1.67. The summed E-state index contributed by atoms with van der Waals surface area (Å²) >= 11 is 8.14. The van der Waals surface area contributed by atoms with E-state index in [9.17, 15) is 4.79 Å². The van der Waals surface area contributed by atoms with Crippen molar-refractivity contribution in [1.82, 2.24) is 9.99 Å². The molecule has 0 aliphatic heterocycles. The zero-order valence-electron chi connectivity index (χ0n) is 14.3. The first-order valence-corrected chi connectivity index (χ1v) is 9.45. The largest absolute Gasteiger partial charge is 0.318 e. The van der Waals surface area contributed by atoms with Gasteiger partial charge in [0, 0.05) is 36.8 Å². The summed E-state index contributed by atoms with van der Waals surface area (Å²) in [5.41, 5.74) is 7.29. The molecule has 0 aliphatic rings. The van der Waals surface area contributed by atoms with Gasteiger partial charge in [0.15, 0.2) is 0 Å². The number of hydrogen-bond acceptors (Lipinski definition) is 2. The predicted octanol–water partition coefficient (Wildman–Crippen LogP) is 5.12. The summed E-state index contributed by atoms with van der Waals surface area (Å²) in [7, 11) is 0. The minimum Gasteiger partial charge on any atom is -0.318 e. The standard InChI is InChI=1S/C20H17ClIN3O/c1-13-10-16(14(2)25(13)19-5-3-4-18(22)11-19)12-23-24-20(26)15-6-8-17(21)9-7-15/h3-12H,1-2H3,(H,24,26)/b23-12-. The molecule has 1 heterocycles. The van der Waals surface area contributed by atoms with Crippen molar-refractivity contribution in [3.63, 3.8) is 0 Å². The van der Waals surface area contributed by atoms with Gasteiger partial charge >= 0.3 is 0 Å². The van der Waals surface area contributed by atoms with Crippen molar-refractivity contribution in [2.75, 3.05) is 0 Å². The lowest BCUT2D eigenvalue weighted by Crippen LogP contribution is -2.17. The van der Waals surface area contributed by atoms with E-state index in [0.717, 1.165) is 22.6 Å². The Balaban J connectivity index is 1.78. The van der Waals surface area contributed by atoms with Gasteiger partial charge in [0.2, 0.25) is 0 Å². The molecule has 0 fully saturated rings. The highest BCUT2D eigenvalue weighted by Crippen LogP contribution is 2.21. The van der Waals surface area contributed by atoms with Gasteiger partial charge in [-0.15, -0.1) is 0 Å². The second-order valence-corrected chi connectivity index (χ2v) is 7.53. The van der Waals surface area contributed by atoms with Crippen LogP contribution in [0.2, 0.25) is 5.02 Å². The van der Waals surface area contributed by atoms with Crippen molar-refractivity contribution >= 4 is 46.3 Å². The molecule has 0 bridgehead atoms. The van der Waals surface area contributed by atoms with Crippen LogP contribution in [0.1, 0.15) is 27.3 Å². The highest BCUT2D eigenvalue weighted by molar-refractivity contribution is 14.1. The summed E-state index contributed by atoms with van der Waals surface area (Å²) in [6.45, 7) is 4.09. The van der Waals surface area contributed by atoms with Crippen molar-refractivity contribution in [1.29, 1.82) is 0 Å². The van der Waals surface area contributed by atoms with Crippen molar-refractivity contribution < 1.29 is 4.79 Å². The lowest BCUT2D eigenvalue weighted by atomic mass is 10.2. The molecular formula is C20H17ClIN3O. The molecule has 3 aromatic rings. The fourth-order valence-corrected chi connectivity index (χ4v) is 3.41. The Hall–Kier alpha value is -2.12. The van der Waals surface area contributed by atoms with Crippen LogP contribution in [-0.4, -0.2) is 16.7 Å². The number of aromatic nitrogens is 1. The van der Waals surface area contributed by atoms with Crippen LogP contribution in [0.15, 0.2) is 59.7 Å². The normalized spacial score (nSPS) is 11.1. The molecule has 0 saturated carbocycles. The molecule has 4 nitrogen and oxygen atoms in total. The first kappa shape index (κ1) is 18.7. The Morgan fingerprint density at radius 1 is 1.15 bits per heavy atom. The first-order valence-electron chi connectivity index (χ1n) is 7.99. The number of hydrogen-bond donors (Lipinski definition) is 1. The Bertz CT molecular complexity index is 977. The van der Waals surface area contributed by atoms with Crippen LogP contribution >= 0.6 is 34.2 Å². The predicted molar refractivity (Wildman–Crippen MR) is 114 cm³/mol. The number of hydrazone groups is 1. The Kier molecular flexibility index (Phi) is 5.78. The number of halogens is 2. The highest BCUT2D eigenvalue weighted by atomic mass is 127. The second-order valence-electron chi connectivity index (χ2n) is 5.85. The topological polar surface area (TPSA) is 46.4 Å². The smallest absolute Gasteiger partial charge is 0.271 e. The van der Waals surface area contributed by atoms with Crippen LogP contribution in [0.4, 0.5) is 0 Å². The van der Waals surface area contributed by atoms with Crippen LogP contribution in [0.25, 0.3) is 5.69 Å². The fourth-order valence-electron chi connectivity index (χ4n) is 2.76. The summed E-state index contributed by atoms with van der Waals surface area (Å²) in [4.78, 5) is 12.1. The number of aryl methyl sites for hydroxylation is 1. The molecule has 0 spiro atoms. The van der Waals surface area contributed by atoms with E-state index >= 15 is 0 Å². The molecule has 6 heteroatoms. The third kappa shape index (κ3) is 4.16. The Labute approximate surface area is 171 Å². The van der Waals surface area contributed by atoms with Gasteiger partial charge in [0.05, 0.1) is 6.21 Å². The minimum atomic E-state index is -0.274. The van der Waals surface area contributed by atoms with Gasteiger partial charge in [-0.05, 0) is 85.0 Å². The number of amides is 1. The lowest BCUT2D eigenvalue weighted by Gasteiger charge is -2.09. The number of nitrogens with one attached hydrogen (secondary N) is 1. The number of benzene rings is 2. The van der Waals surface area contributed by atoms with Gasteiger partial charge in [0.25, 0.3) is 5.91 Å². The molecule has 1 N–H and O–H groups in total. The van der Waals surface area contributed by atoms with E-state index in [1.165, 1.54) is 3.57 Å². The molecule has 0 radical (unpaired) electrons. The van der Waals surface area contributed by atoms with Gasteiger partial charge in [-0.25, -0.2) is 5.43 Å². The lowest BCUT2D eigenvalue weighted by molar-refractivity contribution is 0.0955. The number of carbonyl (C=O) groups excluding carboxylic acids is 1. The van der Waals surface area contributed by atoms with E-state index in [1.807, 2.05) is 19.1 Å². The maximum absolute atomic E-state index is 12.1. The molecule has 0 saturated heterocycles. The van der Waals surface area contributed by atoms with Crippen molar-refractivity contribution in [2.45, 2.75) is 13.8 Å². The van der Waals surface area contributed by atoms with Gasteiger partial charge in [-0.3, -0.25) is 4.79 Å².